The molecule has 9 heteroatoms. The maximum atomic E-state index is 12.8. The van der Waals surface area contributed by atoms with Gasteiger partial charge >= 0.3 is 11.9 Å². The number of cyclic esters (lactones) is 1. The van der Waals surface area contributed by atoms with Gasteiger partial charge in [0, 0.05) is 18.3 Å². The van der Waals surface area contributed by atoms with Gasteiger partial charge in [0.25, 0.3) is 6.47 Å². The second-order valence-corrected chi connectivity index (χ2v) is 18.7. The van der Waals surface area contributed by atoms with E-state index in [2.05, 4.69) is 40.8 Å². The van der Waals surface area contributed by atoms with Crippen molar-refractivity contribution in [3.05, 3.63) is 11.6 Å². The first-order valence-corrected chi connectivity index (χ1v) is 18.1. The molecule has 222 valence electrons. The van der Waals surface area contributed by atoms with Crippen LogP contribution in [0.3, 0.4) is 0 Å². The van der Waals surface area contributed by atoms with E-state index >= 15 is 0 Å². The van der Waals surface area contributed by atoms with Crippen LogP contribution in [0.5, 0.6) is 0 Å². The third kappa shape index (κ3) is 7.67. The zero-order valence-corrected chi connectivity index (χ0v) is 26.8. The summed E-state index contributed by atoms with van der Waals surface area (Å²) in [6.07, 6.45) is 5.38. The third-order valence-corrected chi connectivity index (χ3v) is 14.7. The lowest BCUT2D eigenvalue weighted by Crippen LogP contribution is -2.49. The summed E-state index contributed by atoms with van der Waals surface area (Å²) in [6, 6.07) is 0. The molecule has 1 saturated carbocycles. The van der Waals surface area contributed by atoms with Crippen LogP contribution in [0.2, 0.25) is 18.1 Å². The molecule has 0 bridgehead atoms. The largest absolute Gasteiger partial charge is 0.462 e. The van der Waals surface area contributed by atoms with E-state index in [1.807, 2.05) is 19.9 Å². The quantitative estimate of drug-likeness (QED) is 0.0716. The number of carbonyl (C=O) groups is 3. The van der Waals surface area contributed by atoms with E-state index in [9.17, 15) is 14.4 Å². The van der Waals surface area contributed by atoms with E-state index in [0.717, 1.165) is 18.4 Å². The first-order valence-electron chi connectivity index (χ1n) is 14.7. The molecule has 0 radical (unpaired) electrons. The number of ether oxygens (including phenoxy) is 3. The fourth-order valence-electron chi connectivity index (χ4n) is 6.05. The van der Waals surface area contributed by atoms with Crippen molar-refractivity contribution < 1.29 is 33.0 Å². The third-order valence-electron chi connectivity index (χ3n) is 9.67. The van der Waals surface area contributed by atoms with Crippen molar-refractivity contribution in [1.82, 2.24) is 0 Å². The van der Waals surface area contributed by atoms with Crippen LogP contribution in [0.1, 0.15) is 86.5 Å². The van der Waals surface area contributed by atoms with Gasteiger partial charge in [-0.15, -0.1) is 11.6 Å². The minimum atomic E-state index is -2.03. The molecule has 3 rings (SSSR count). The van der Waals surface area contributed by atoms with Crippen LogP contribution in [-0.2, 0) is 33.0 Å². The molecule has 0 N–H and O–H groups in total. The molecule has 0 aromatic rings. The fraction of sp³-hybridized carbons (Fsp3) is 0.833. The summed E-state index contributed by atoms with van der Waals surface area (Å²) >= 11 is 6.81. The van der Waals surface area contributed by atoms with Crippen molar-refractivity contribution in [3.63, 3.8) is 0 Å². The van der Waals surface area contributed by atoms with E-state index in [0.29, 0.717) is 32.2 Å². The average molecular weight is 585 g/mol. The standard InChI is InChI=1S/C30H49ClO7Si/c1-9-18(2)29(34)37-25-13-12-24(31)23-16-26(35-17-32)19(3)22(28(23)25)11-10-20-14-21(15-27(33)36-20)38-39(7,8)30(4,5)6/h16-22,24-26,28H,9-15H2,1-8H3/t18-,19+,20+,21+,22-,24-,25-,26+,28+/m0/s1. The monoisotopic (exact) mass is 584 g/mol. The zero-order chi connectivity index (χ0) is 29.1. The van der Waals surface area contributed by atoms with Crippen LogP contribution in [0, 0.1) is 23.7 Å². The topological polar surface area (TPSA) is 88.1 Å². The van der Waals surface area contributed by atoms with Gasteiger partial charge < -0.3 is 18.6 Å². The molecule has 1 heterocycles. The molecule has 3 aliphatic rings. The lowest BCUT2D eigenvalue weighted by molar-refractivity contribution is -0.163. The maximum Gasteiger partial charge on any atom is 0.308 e. The lowest BCUT2D eigenvalue weighted by Gasteiger charge is -2.47. The number of rotatable bonds is 10. The Balaban J connectivity index is 1.80. The van der Waals surface area contributed by atoms with Gasteiger partial charge in [-0.1, -0.05) is 41.5 Å². The van der Waals surface area contributed by atoms with Crippen LogP contribution in [0.4, 0.5) is 0 Å². The van der Waals surface area contributed by atoms with Crippen LogP contribution in [0.25, 0.3) is 0 Å². The molecule has 1 saturated heterocycles. The van der Waals surface area contributed by atoms with Gasteiger partial charge in [0.2, 0.25) is 0 Å². The molecule has 0 spiro atoms. The van der Waals surface area contributed by atoms with Crippen molar-refractivity contribution >= 4 is 38.3 Å². The van der Waals surface area contributed by atoms with E-state index in [4.69, 9.17) is 30.2 Å². The molecule has 39 heavy (non-hydrogen) atoms. The first kappa shape index (κ1) is 32.1. The number of fused-ring (bicyclic) bond motifs is 1. The highest BCUT2D eigenvalue weighted by Gasteiger charge is 2.48. The Hall–Kier alpha value is -1.38. The Labute approximate surface area is 240 Å². The SMILES string of the molecule is CC[C@H](C)C(=O)O[C@H]1CC[C@H](Cl)C2=C[C@@H](OC=O)[C@H](C)[C@H](CC[C@@H]3C[C@@H](O[Si](C)(C)C(C)(C)C)CC(=O)O3)[C@H]21. The van der Waals surface area contributed by atoms with Gasteiger partial charge in [-0.3, -0.25) is 14.4 Å². The molecule has 0 aromatic carbocycles. The second-order valence-electron chi connectivity index (χ2n) is 13.4. The van der Waals surface area contributed by atoms with Gasteiger partial charge in [0.1, 0.15) is 18.3 Å². The van der Waals surface area contributed by atoms with Gasteiger partial charge in [-0.25, -0.2) is 0 Å². The molecule has 9 atom stereocenters. The van der Waals surface area contributed by atoms with Crippen molar-refractivity contribution in [2.75, 3.05) is 0 Å². The molecular weight excluding hydrogens is 536 g/mol. The number of hydrogen-bond donors (Lipinski definition) is 0. The number of hydrogen-bond acceptors (Lipinski definition) is 7. The minimum absolute atomic E-state index is 0.00529. The highest BCUT2D eigenvalue weighted by atomic mass is 35.5. The van der Waals surface area contributed by atoms with Crippen LogP contribution in [-0.4, -0.2) is 56.5 Å². The molecule has 2 aliphatic carbocycles. The van der Waals surface area contributed by atoms with Crippen LogP contribution < -0.4 is 0 Å². The summed E-state index contributed by atoms with van der Waals surface area (Å²) in [5.41, 5.74) is 1.000. The smallest absolute Gasteiger partial charge is 0.308 e. The van der Waals surface area contributed by atoms with Gasteiger partial charge in [0.05, 0.1) is 23.8 Å². The second kappa shape index (κ2) is 13.1. The Morgan fingerprint density at radius 3 is 2.56 bits per heavy atom. The van der Waals surface area contributed by atoms with E-state index in [1.165, 1.54) is 0 Å². The van der Waals surface area contributed by atoms with Crippen molar-refractivity contribution in [1.29, 1.82) is 0 Å². The summed E-state index contributed by atoms with van der Waals surface area (Å²) in [6.45, 7) is 17.5. The summed E-state index contributed by atoms with van der Waals surface area (Å²) in [5.74, 6) is -0.584. The summed E-state index contributed by atoms with van der Waals surface area (Å²) in [4.78, 5) is 36.7. The first-order chi connectivity index (χ1) is 18.2. The average Bonchev–Trinajstić information content (AvgIpc) is 2.84. The molecule has 0 amide bonds. The normalized spacial score (nSPS) is 34.3. The minimum Gasteiger partial charge on any atom is -0.462 e. The van der Waals surface area contributed by atoms with Crippen molar-refractivity contribution in [3.8, 4) is 0 Å². The predicted molar refractivity (Wildman–Crippen MR) is 154 cm³/mol. The van der Waals surface area contributed by atoms with Crippen LogP contribution in [0.15, 0.2) is 11.6 Å². The van der Waals surface area contributed by atoms with Gasteiger partial charge in [-0.2, -0.15) is 0 Å². The van der Waals surface area contributed by atoms with Crippen molar-refractivity contribution in [2.45, 2.75) is 134 Å². The molecule has 1 aliphatic heterocycles. The lowest BCUT2D eigenvalue weighted by atomic mass is 9.63. The van der Waals surface area contributed by atoms with E-state index in [-0.39, 0.29) is 70.8 Å². The van der Waals surface area contributed by atoms with Crippen molar-refractivity contribution in [2.24, 2.45) is 23.7 Å². The number of carbonyl (C=O) groups excluding carboxylic acids is 3. The Kier molecular flexibility index (Phi) is 10.8. The number of esters is 2. The Morgan fingerprint density at radius 1 is 1.26 bits per heavy atom. The molecular formula is C30H49ClO7Si. The number of halogens is 1. The van der Waals surface area contributed by atoms with E-state index < -0.39 is 14.4 Å². The molecule has 2 fully saturated rings. The zero-order valence-electron chi connectivity index (χ0n) is 25.0. The predicted octanol–water partition coefficient (Wildman–Crippen LogP) is 6.57. The Morgan fingerprint density at radius 2 is 1.95 bits per heavy atom. The summed E-state index contributed by atoms with van der Waals surface area (Å²) in [7, 11) is -2.03. The highest BCUT2D eigenvalue weighted by molar-refractivity contribution is 6.74. The molecule has 7 nitrogen and oxygen atoms in total. The van der Waals surface area contributed by atoms with E-state index in [1.54, 1.807) is 0 Å². The molecule has 0 aromatic heterocycles. The summed E-state index contributed by atoms with van der Waals surface area (Å²) < 4.78 is 24.0. The number of alkyl halides is 1. The Bertz CT molecular complexity index is 913. The highest BCUT2D eigenvalue weighted by Crippen LogP contribution is 2.49. The maximum absolute atomic E-state index is 12.8. The van der Waals surface area contributed by atoms with Crippen LogP contribution >= 0.6 is 11.6 Å². The molecule has 0 unspecified atom stereocenters. The van der Waals surface area contributed by atoms with Gasteiger partial charge in [0.15, 0.2) is 8.32 Å². The fourth-order valence-corrected chi connectivity index (χ4v) is 7.76. The van der Waals surface area contributed by atoms with Gasteiger partial charge in [-0.05, 0) is 67.8 Å². The summed E-state index contributed by atoms with van der Waals surface area (Å²) in [5, 5.41) is -0.144.